The van der Waals surface area contributed by atoms with Gasteiger partial charge in [0.25, 0.3) is 0 Å². The van der Waals surface area contributed by atoms with E-state index in [4.69, 9.17) is 11.5 Å². The standard InChI is InChI=1S/C34H51N9O11/c1-18(2)13-22(31(50)40-21(10-11-26(35)45)30(49)43-25(17-44)34(53)54)41-32(51)23(14-19-7-4-3-5-8-19)42-33(52)24(15-27(36)46)39-28(47)16-38-29(48)20-9-6-12-37-20/h3-5,7-8,18,20-25,37,44H,6,9-17H2,1-2H3,(H2,35,45)(H2,36,46)(H,38,48)(H,39,47)(H,40,50)(H,41,51)(H,42,52)(H,43,49)(H,53,54). The van der Waals surface area contributed by atoms with Crippen LogP contribution < -0.4 is 48.7 Å². The molecule has 0 bridgehead atoms. The third kappa shape index (κ3) is 15.9. The number of aliphatic hydroxyl groups excluding tert-OH is 1. The zero-order valence-corrected chi connectivity index (χ0v) is 30.2. The van der Waals surface area contributed by atoms with Crippen LogP contribution in [-0.4, -0.2) is 119 Å². The SMILES string of the molecule is CC(C)CC(NC(=O)C(Cc1ccccc1)NC(=O)C(CC(N)=O)NC(=O)CNC(=O)C1CCCN1)C(=O)NC(CCC(N)=O)C(=O)NC(CO)C(=O)O. The first kappa shape index (κ1) is 44.5. The van der Waals surface area contributed by atoms with E-state index in [1.807, 2.05) is 0 Å². The Bertz CT molecular complexity index is 1500. The predicted molar refractivity (Wildman–Crippen MR) is 190 cm³/mol. The maximum absolute atomic E-state index is 13.9. The smallest absolute Gasteiger partial charge is 0.328 e. The van der Waals surface area contributed by atoms with Gasteiger partial charge in [-0.05, 0) is 43.7 Å². The van der Waals surface area contributed by atoms with Crippen LogP contribution in [0.3, 0.4) is 0 Å². The van der Waals surface area contributed by atoms with Crippen molar-refractivity contribution < 1.29 is 53.4 Å². The monoisotopic (exact) mass is 761 g/mol. The Morgan fingerprint density at radius 1 is 0.778 bits per heavy atom. The number of nitrogens with one attached hydrogen (secondary N) is 7. The quantitative estimate of drug-likeness (QED) is 0.0506. The zero-order chi connectivity index (χ0) is 40.4. The normalized spacial score (nSPS) is 16.4. The van der Waals surface area contributed by atoms with E-state index in [-0.39, 0.29) is 31.6 Å². The maximum atomic E-state index is 13.9. The fraction of sp³-hybridized carbons (Fsp3) is 0.559. The van der Waals surface area contributed by atoms with Crippen LogP contribution in [0.2, 0.25) is 0 Å². The number of benzene rings is 1. The van der Waals surface area contributed by atoms with Crippen LogP contribution in [0.25, 0.3) is 0 Å². The lowest BCUT2D eigenvalue weighted by molar-refractivity contribution is -0.143. The molecule has 0 aliphatic carbocycles. The molecule has 6 atom stereocenters. The number of carboxylic acid groups (broad SMARTS) is 1. The third-order valence-corrected chi connectivity index (χ3v) is 8.22. The second-order valence-corrected chi connectivity index (χ2v) is 13.2. The molecule has 1 heterocycles. The van der Waals surface area contributed by atoms with Crippen LogP contribution in [-0.2, 0) is 49.6 Å². The topological polar surface area (TPSA) is 330 Å². The number of primary amides is 2. The minimum atomic E-state index is -1.71. The highest BCUT2D eigenvalue weighted by molar-refractivity contribution is 5.98. The fourth-order valence-corrected chi connectivity index (χ4v) is 5.45. The minimum Gasteiger partial charge on any atom is -0.480 e. The molecule has 0 spiro atoms. The van der Waals surface area contributed by atoms with Crippen LogP contribution in [0.15, 0.2) is 30.3 Å². The second-order valence-electron chi connectivity index (χ2n) is 13.2. The predicted octanol–water partition coefficient (Wildman–Crippen LogP) is -4.21. The average molecular weight is 762 g/mol. The van der Waals surface area contributed by atoms with E-state index in [1.54, 1.807) is 44.2 Å². The van der Waals surface area contributed by atoms with E-state index < -0.39 is 109 Å². The lowest BCUT2D eigenvalue weighted by Gasteiger charge is -2.27. The first-order valence-electron chi connectivity index (χ1n) is 17.5. The lowest BCUT2D eigenvalue weighted by Crippen LogP contribution is -2.60. The van der Waals surface area contributed by atoms with Crippen molar-refractivity contribution in [2.45, 2.75) is 95.0 Å². The first-order valence-corrected chi connectivity index (χ1v) is 17.5. The molecule has 20 heteroatoms. The highest BCUT2D eigenvalue weighted by Gasteiger charge is 2.33. The number of amides is 8. The molecule has 1 aromatic rings. The van der Waals surface area contributed by atoms with Gasteiger partial charge in [-0.2, -0.15) is 0 Å². The van der Waals surface area contributed by atoms with Gasteiger partial charge in [-0.25, -0.2) is 4.79 Å². The molecule has 2 rings (SSSR count). The van der Waals surface area contributed by atoms with E-state index in [0.717, 1.165) is 6.42 Å². The Hall–Kier alpha value is -5.63. The van der Waals surface area contributed by atoms with Crippen LogP contribution in [0.5, 0.6) is 0 Å². The van der Waals surface area contributed by atoms with Crippen LogP contribution in [0.1, 0.15) is 57.9 Å². The summed E-state index contributed by atoms with van der Waals surface area (Å²) in [5, 5.41) is 36.0. The molecule has 1 aliphatic heterocycles. The molecule has 8 amide bonds. The van der Waals surface area contributed by atoms with Gasteiger partial charge >= 0.3 is 5.97 Å². The summed E-state index contributed by atoms with van der Waals surface area (Å²) in [6.45, 7) is 2.68. The van der Waals surface area contributed by atoms with Crippen molar-refractivity contribution >= 4 is 53.2 Å². The van der Waals surface area contributed by atoms with E-state index >= 15 is 0 Å². The number of aliphatic hydroxyl groups is 1. The Labute approximate surface area is 311 Å². The van der Waals surface area contributed by atoms with E-state index in [9.17, 15) is 53.4 Å². The number of nitrogens with two attached hydrogens (primary N) is 2. The molecular formula is C34H51N9O11. The maximum Gasteiger partial charge on any atom is 0.328 e. The second kappa shape index (κ2) is 22.4. The minimum absolute atomic E-state index is 0.0184. The molecule has 1 fully saturated rings. The van der Waals surface area contributed by atoms with Crippen LogP contribution in [0.4, 0.5) is 0 Å². The number of carbonyl (C=O) groups excluding carboxylic acids is 8. The average Bonchev–Trinajstić information content (AvgIpc) is 3.65. The fourth-order valence-electron chi connectivity index (χ4n) is 5.45. The van der Waals surface area contributed by atoms with Gasteiger partial charge in [0.2, 0.25) is 47.3 Å². The summed E-state index contributed by atoms with van der Waals surface area (Å²) < 4.78 is 0. The van der Waals surface area contributed by atoms with Crippen molar-refractivity contribution in [1.29, 1.82) is 0 Å². The van der Waals surface area contributed by atoms with Gasteiger partial charge in [-0.3, -0.25) is 38.4 Å². The number of rotatable bonds is 23. The van der Waals surface area contributed by atoms with Gasteiger partial charge in [0, 0.05) is 12.8 Å². The number of carbonyl (C=O) groups is 9. The Morgan fingerprint density at radius 3 is 1.91 bits per heavy atom. The van der Waals surface area contributed by atoms with Gasteiger partial charge in [-0.15, -0.1) is 0 Å². The summed E-state index contributed by atoms with van der Waals surface area (Å²) >= 11 is 0. The Balaban J connectivity index is 2.29. The largest absolute Gasteiger partial charge is 0.480 e. The van der Waals surface area contributed by atoms with E-state index in [0.29, 0.717) is 18.5 Å². The van der Waals surface area contributed by atoms with Crippen molar-refractivity contribution in [3.63, 3.8) is 0 Å². The van der Waals surface area contributed by atoms with Crippen LogP contribution >= 0.6 is 0 Å². The van der Waals surface area contributed by atoms with Crippen molar-refractivity contribution in [3.05, 3.63) is 35.9 Å². The van der Waals surface area contributed by atoms with Gasteiger partial charge in [0.05, 0.1) is 25.6 Å². The zero-order valence-electron chi connectivity index (χ0n) is 30.2. The van der Waals surface area contributed by atoms with Crippen molar-refractivity contribution in [2.24, 2.45) is 17.4 Å². The molecule has 6 unspecified atom stereocenters. The lowest BCUT2D eigenvalue weighted by atomic mass is 10.00. The highest BCUT2D eigenvalue weighted by Crippen LogP contribution is 2.10. The van der Waals surface area contributed by atoms with E-state index in [2.05, 4.69) is 37.2 Å². The van der Waals surface area contributed by atoms with Gasteiger partial charge in [0.15, 0.2) is 0 Å². The number of aliphatic carboxylic acids is 1. The molecule has 1 saturated heterocycles. The Kier molecular flexibility index (Phi) is 18.5. The molecule has 54 heavy (non-hydrogen) atoms. The number of hydrogen-bond donors (Lipinski definition) is 11. The Morgan fingerprint density at radius 2 is 1.35 bits per heavy atom. The summed E-state index contributed by atoms with van der Waals surface area (Å²) in [6.07, 6.45) is -0.0826. The summed E-state index contributed by atoms with van der Waals surface area (Å²) in [4.78, 5) is 114. The first-order chi connectivity index (χ1) is 25.5. The summed E-state index contributed by atoms with van der Waals surface area (Å²) in [5.74, 6) is -8.50. The molecule has 0 radical (unpaired) electrons. The van der Waals surface area contributed by atoms with Crippen molar-refractivity contribution in [3.8, 4) is 0 Å². The molecule has 0 saturated carbocycles. The molecular weight excluding hydrogens is 710 g/mol. The van der Waals surface area contributed by atoms with Gasteiger partial charge in [-0.1, -0.05) is 44.2 Å². The van der Waals surface area contributed by atoms with Crippen LogP contribution in [0, 0.1) is 5.92 Å². The summed E-state index contributed by atoms with van der Waals surface area (Å²) in [7, 11) is 0. The molecule has 20 nitrogen and oxygen atoms in total. The summed E-state index contributed by atoms with van der Waals surface area (Å²) in [6, 6.07) is 0.515. The number of carboxylic acids is 1. The van der Waals surface area contributed by atoms with E-state index in [1.165, 1.54) is 0 Å². The van der Waals surface area contributed by atoms with Gasteiger partial charge in [0.1, 0.15) is 30.2 Å². The third-order valence-electron chi connectivity index (χ3n) is 8.22. The van der Waals surface area contributed by atoms with Gasteiger partial charge < -0.3 is 58.9 Å². The van der Waals surface area contributed by atoms with Crippen molar-refractivity contribution in [2.75, 3.05) is 19.7 Å². The molecule has 1 aliphatic rings. The molecule has 298 valence electrons. The highest BCUT2D eigenvalue weighted by atomic mass is 16.4. The molecule has 0 aromatic heterocycles. The van der Waals surface area contributed by atoms with Crippen molar-refractivity contribution in [1.82, 2.24) is 37.2 Å². The summed E-state index contributed by atoms with van der Waals surface area (Å²) in [5.41, 5.74) is 11.2. The molecule has 1 aromatic carbocycles. The number of hydrogen-bond acceptors (Lipinski definition) is 11. The molecule has 13 N–H and O–H groups in total.